The van der Waals surface area contributed by atoms with Gasteiger partial charge in [-0.05, 0) is 65.3 Å². The lowest BCUT2D eigenvalue weighted by Gasteiger charge is -2.13. The molecule has 2 heterocycles. The van der Waals surface area contributed by atoms with Crippen LogP contribution in [0.5, 0.6) is 0 Å². The molecule has 156 valence electrons. The molecule has 0 radical (unpaired) electrons. The predicted molar refractivity (Wildman–Crippen MR) is 115 cm³/mol. The largest absolute Gasteiger partial charge is 0.450 e. The molecule has 0 aliphatic heterocycles. The summed E-state index contributed by atoms with van der Waals surface area (Å²) in [5.41, 5.74) is 5.01. The number of aromatic amines is 1. The maximum Gasteiger partial charge on any atom is 0.355 e. The zero-order valence-corrected chi connectivity index (χ0v) is 18.1. The fraction of sp³-hybridized carbons (Fsp3) is 0.292. The standard InChI is InChI=1S/C24H26N2O4/c1-13-12-20(16(4)26(13)19-10-8-7-9-11-19)23(28)18(6)30-24(29)22-14(2)21(17(5)27)15(3)25-22/h7-12,18,25H,1-6H3/t18-/m0/s1. The Morgan fingerprint density at radius 2 is 1.67 bits per heavy atom. The number of ketones is 2. The third-order valence-corrected chi connectivity index (χ3v) is 5.36. The lowest BCUT2D eigenvalue weighted by Crippen LogP contribution is -2.25. The Morgan fingerprint density at radius 1 is 1.03 bits per heavy atom. The minimum atomic E-state index is -0.967. The van der Waals surface area contributed by atoms with Crippen molar-refractivity contribution in [1.29, 1.82) is 0 Å². The van der Waals surface area contributed by atoms with Gasteiger partial charge in [0.1, 0.15) is 5.69 Å². The lowest BCUT2D eigenvalue weighted by atomic mass is 10.1. The average molecular weight is 406 g/mol. The maximum absolute atomic E-state index is 13.0. The Morgan fingerprint density at radius 3 is 2.23 bits per heavy atom. The molecule has 0 fully saturated rings. The summed E-state index contributed by atoms with van der Waals surface area (Å²) in [6, 6.07) is 11.6. The van der Waals surface area contributed by atoms with Gasteiger partial charge in [0.15, 0.2) is 11.9 Å². The van der Waals surface area contributed by atoms with Gasteiger partial charge in [-0.1, -0.05) is 18.2 Å². The minimum Gasteiger partial charge on any atom is -0.450 e. The van der Waals surface area contributed by atoms with Crippen molar-refractivity contribution < 1.29 is 19.1 Å². The molecular formula is C24H26N2O4. The Labute approximate surface area is 175 Å². The second-order valence-corrected chi connectivity index (χ2v) is 7.55. The number of aryl methyl sites for hydroxylation is 2. The maximum atomic E-state index is 13.0. The first-order valence-corrected chi connectivity index (χ1v) is 9.83. The van der Waals surface area contributed by atoms with E-state index in [1.165, 1.54) is 6.92 Å². The van der Waals surface area contributed by atoms with Crippen molar-refractivity contribution in [3.8, 4) is 5.69 Å². The van der Waals surface area contributed by atoms with Crippen LogP contribution in [0.15, 0.2) is 36.4 Å². The van der Waals surface area contributed by atoms with E-state index in [1.54, 1.807) is 20.8 Å². The van der Waals surface area contributed by atoms with Gasteiger partial charge in [0, 0.05) is 33.9 Å². The van der Waals surface area contributed by atoms with Gasteiger partial charge in [-0.2, -0.15) is 0 Å². The van der Waals surface area contributed by atoms with Crippen molar-refractivity contribution in [3.05, 3.63) is 75.9 Å². The van der Waals surface area contributed by atoms with E-state index in [2.05, 4.69) is 4.98 Å². The smallest absolute Gasteiger partial charge is 0.355 e. The average Bonchev–Trinajstić information content (AvgIpc) is 3.16. The van der Waals surface area contributed by atoms with E-state index in [-0.39, 0.29) is 17.3 Å². The van der Waals surface area contributed by atoms with E-state index in [0.717, 1.165) is 17.1 Å². The van der Waals surface area contributed by atoms with Crippen molar-refractivity contribution in [1.82, 2.24) is 9.55 Å². The second-order valence-electron chi connectivity index (χ2n) is 7.55. The highest BCUT2D eigenvalue weighted by Gasteiger charge is 2.27. The number of hydrogen-bond donors (Lipinski definition) is 1. The molecule has 0 spiro atoms. The lowest BCUT2D eigenvalue weighted by molar-refractivity contribution is 0.0312. The molecule has 0 bridgehead atoms. The molecule has 6 heteroatoms. The summed E-state index contributed by atoms with van der Waals surface area (Å²) in [6.45, 7) is 10.2. The zero-order valence-electron chi connectivity index (χ0n) is 18.1. The minimum absolute atomic E-state index is 0.127. The van der Waals surface area contributed by atoms with Gasteiger partial charge in [0.05, 0.1) is 0 Å². The van der Waals surface area contributed by atoms with E-state index >= 15 is 0 Å². The van der Waals surface area contributed by atoms with Crippen LogP contribution < -0.4 is 0 Å². The van der Waals surface area contributed by atoms with E-state index in [9.17, 15) is 14.4 Å². The number of carbonyl (C=O) groups is 3. The SMILES string of the molecule is CC(=O)c1c(C)[nH]c(C(=O)O[C@@H](C)C(=O)c2cc(C)n(-c3ccccc3)c2C)c1C. The fourth-order valence-electron chi connectivity index (χ4n) is 3.96. The number of Topliss-reactive ketones (excluding diaryl/α,β-unsaturated/α-hetero) is 2. The van der Waals surface area contributed by atoms with Gasteiger partial charge in [-0.25, -0.2) is 4.79 Å². The number of benzene rings is 1. The highest BCUT2D eigenvalue weighted by molar-refractivity contribution is 6.04. The molecule has 0 saturated heterocycles. The predicted octanol–water partition coefficient (Wildman–Crippen LogP) is 4.67. The van der Waals surface area contributed by atoms with Gasteiger partial charge < -0.3 is 14.3 Å². The molecule has 0 unspecified atom stereocenters. The Kier molecular flexibility index (Phi) is 5.78. The van der Waals surface area contributed by atoms with Crippen LogP contribution in [0.3, 0.4) is 0 Å². The molecule has 2 aromatic heterocycles. The van der Waals surface area contributed by atoms with Crippen LogP contribution >= 0.6 is 0 Å². The van der Waals surface area contributed by atoms with Crippen molar-refractivity contribution in [3.63, 3.8) is 0 Å². The van der Waals surface area contributed by atoms with Crippen molar-refractivity contribution in [2.45, 2.75) is 47.6 Å². The second kappa shape index (κ2) is 8.14. The van der Waals surface area contributed by atoms with Crippen LogP contribution in [-0.4, -0.2) is 33.2 Å². The van der Waals surface area contributed by atoms with E-state index in [0.29, 0.717) is 22.4 Å². The van der Waals surface area contributed by atoms with Crippen LogP contribution in [0.1, 0.15) is 67.7 Å². The van der Waals surface area contributed by atoms with Crippen molar-refractivity contribution in [2.75, 3.05) is 0 Å². The number of H-pyrrole nitrogens is 1. The van der Waals surface area contributed by atoms with Gasteiger partial charge in [-0.3, -0.25) is 9.59 Å². The summed E-state index contributed by atoms with van der Waals surface area (Å²) in [7, 11) is 0. The number of nitrogens with zero attached hydrogens (tertiary/aromatic N) is 1. The fourth-order valence-corrected chi connectivity index (χ4v) is 3.96. The van der Waals surface area contributed by atoms with Gasteiger partial charge in [0.25, 0.3) is 0 Å². The van der Waals surface area contributed by atoms with Crippen molar-refractivity contribution in [2.24, 2.45) is 0 Å². The molecule has 3 rings (SSSR count). The molecule has 1 N–H and O–H groups in total. The summed E-state index contributed by atoms with van der Waals surface area (Å²) in [4.78, 5) is 40.4. The number of hydrogen-bond acceptors (Lipinski definition) is 4. The summed E-state index contributed by atoms with van der Waals surface area (Å²) in [5.74, 6) is -1.05. The molecule has 1 aromatic carbocycles. The van der Waals surface area contributed by atoms with Crippen LogP contribution in [0.2, 0.25) is 0 Å². The third kappa shape index (κ3) is 3.73. The summed E-state index contributed by atoms with van der Waals surface area (Å²) in [6.07, 6.45) is -0.967. The number of carbonyl (C=O) groups excluding carboxylic acids is 3. The topological polar surface area (TPSA) is 81.2 Å². The first-order chi connectivity index (χ1) is 14.1. The number of esters is 1. The molecule has 3 aromatic rings. The van der Waals surface area contributed by atoms with Crippen LogP contribution in [-0.2, 0) is 4.74 Å². The molecule has 0 aliphatic carbocycles. The van der Waals surface area contributed by atoms with E-state index < -0.39 is 12.1 Å². The molecule has 6 nitrogen and oxygen atoms in total. The molecule has 0 aliphatic rings. The van der Waals surface area contributed by atoms with Crippen molar-refractivity contribution >= 4 is 17.5 Å². The summed E-state index contributed by atoms with van der Waals surface area (Å²) in [5, 5.41) is 0. The molecule has 30 heavy (non-hydrogen) atoms. The zero-order chi connectivity index (χ0) is 22.2. The number of aromatic nitrogens is 2. The monoisotopic (exact) mass is 406 g/mol. The van der Waals surface area contributed by atoms with Crippen LogP contribution in [0.4, 0.5) is 0 Å². The Hall–Kier alpha value is -3.41. The number of para-hydroxylation sites is 1. The van der Waals surface area contributed by atoms with Gasteiger partial charge >= 0.3 is 5.97 Å². The normalized spacial score (nSPS) is 11.9. The highest BCUT2D eigenvalue weighted by Crippen LogP contribution is 2.24. The summed E-state index contributed by atoms with van der Waals surface area (Å²) < 4.78 is 7.45. The number of ether oxygens (including phenoxy) is 1. The van der Waals surface area contributed by atoms with Crippen LogP contribution in [0, 0.1) is 27.7 Å². The van der Waals surface area contributed by atoms with E-state index in [4.69, 9.17) is 4.74 Å². The third-order valence-electron chi connectivity index (χ3n) is 5.36. The highest BCUT2D eigenvalue weighted by atomic mass is 16.5. The number of rotatable bonds is 6. The first-order valence-electron chi connectivity index (χ1n) is 9.83. The van der Waals surface area contributed by atoms with Gasteiger partial charge in [-0.15, -0.1) is 0 Å². The molecular weight excluding hydrogens is 380 g/mol. The summed E-state index contributed by atoms with van der Waals surface area (Å²) >= 11 is 0. The molecule has 0 saturated carbocycles. The number of nitrogens with one attached hydrogen (secondary N) is 1. The van der Waals surface area contributed by atoms with Crippen LogP contribution in [0.25, 0.3) is 5.69 Å². The molecule has 0 amide bonds. The Balaban J connectivity index is 1.85. The quantitative estimate of drug-likeness (QED) is 0.476. The molecule has 1 atom stereocenters. The van der Waals surface area contributed by atoms with E-state index in [1.807, 2.05) is 54.8 Å². The Bertz CT molecular complexity index is 1140. The first kappa shape index (κ1) is 21.3. The van der Waals surface area contributed by atoms with Gasteiger partial charge in [0.2, 0.25) is 5.78 Å².